The van der Waals surface area contributed by atoms with Gasteiger partial charge in [0.2, 0.25) is 0 Å². The summed E-state index contributed by atoms with van der Waals surface area (Å²) in [6, 6.07) is 0. The molecule has 0 aliphatic heterocycles. The van der Waals surface area contributed by atoms with Gasteiger partial charge < -0.3 is 21.5 Å². The Bertz CT molecular complexity index is 916. The van der Waals surface area contributed by atoms with Gasteiger partial charge in [0.1, 0.15) is 0 Å². The number of carbonyl (C=O) groups is 1. The summed E-state index contributed by atoms with van der Waals surface area (Å²) < 4.78 is 4.86. The maximum absolute atomic E-state index is 11.7. The quantitative estimate of drug-likeness (QED) is 0.386. The summed E-state index contributed by atoms with van der Waals surface area (Å²) in [6.07, 6.45) is 16.1. The Balaban J connectivity index is 1.90. The van der Waals surface area contributed by atoms with Crippen molar-refractivity contribution in [3.05, 3.63) is 82.8 Å². The number of ether oxygens (including phenoxy) is 1. The minimum Gasteiger partial charge on any atom is -0.469 e. The van der Waals surface area contributed by atoms with E-state index in [9.17, 15) is 4.79 Å². The lowest BCUT2D eigenvalue weighted by Crippen LogP contribution is -2.22. The molecule has 1 heterocycles. The van der Waals surface area contributed by atoms with Crippen LogP contribution >= 0.6 is 11.3 Å². The molecule has 0 atom stereocenters. The molecule has 1 fully saturated rings. The molecule has 31 heavy (non-hydrogen) atoms. The zero-order valence-electron chi connectivity index (χ0n) is 18.3. The summed E-state index contributed by atoms with van der Waals surface area (Å²) in [5.41, 5.74) is 14.7. The van der Waals surface area contributed by atoms with Crippen LogP contribution in [0.5, 0.6) is 0 Å². The van der Waals surface area contributed by atoms with E-state index in [4.69, 9.17) is 16.2 Å². The van der Waals surface area contributed by atoms with Gasteiger partial charge in [-0.1, -0.05) is 19.2 Å². The molecule has 0 radical (unpaired) electrons. The summed E-state index contributed by atoms with van der Waals surface area (Å²) >= 11 is 1.61. The summed E-state index contributed by atoms with van der Waals surface area (Å²) in [5.74, 6) is 0.296. The number of methoxy groups -OCH3 is 1. The predicted molar refractivity (Wildman–Crippen MR) is 129 cm³/mol. The van der Waals surface area contributed by atoms with E-state index in [1.807, 2.05) is 37.4 Å². The molecule has 0 spiro atoms. The van der Waals surface area contributed by atoms with Crippen molar-refractivity contribution in [3.63, 3.8) is 0 Å². The first-order valence-electron chi connectivity index (χ1n) is 10.2. The summed E-state index contributed by atoms with van der Waals surface area (Å²) in [7, 11) is 1.45. The number of nitrogens with zero attached hydrogens (tertiary/aromatic N) is 1. The van der Waals surface area contributed by atoms with Crippen molar-refractivity contribution in [2.75, 3.05) is 7.11 Å². The summed E-state index contributed by atoms with van der Waals surface area (Å²) in [5, 5.41) is 4.18. The SMILES string of the molecule is C=C(/C=C\C=C(/N)c1cnc(C2CCC(C(=O)OC)CC2)s1)NC(=C)/C=C(C)\C=C/N. The number of nitrogens with one attached hydrogen (secondary N) is 1. The van der Waals surface area contributed by atoms with Crippen LogP contribution in [-0.2, 0) is 9.53 Å². The van der Waals surface area contributed by atoms with Crippen molar-refractivity contribution in [3.8, 4) is 0 Å². The van der Waals surface area contributed by atoms with Crippen molar-refractivity contribution in [2.45, 2.75) is 38.5 Å². The van der Waals surface area contributed by atoms with Crippen LogP contribution in [0.15, 0.2) is 72.9 Å². The van der Waals surface area contributed by atoms with Gasteiger partial charge in [-0.2, -0.15) is 0 Å². The largest absolute Gasteiger partial charge is 0.469 e. The van der Waals surface area contributed by atoms with E-state index in [0.717, 1.165) is 46.8 Å². The lowest BCUT2D eigenvalue weighted by Gasteiger charge is -2.25. The molecule has 1 aliphatic rings. The highest BCUT2D eigenvalue weighted by Crippen LogP contribution is 2.38. The molecule has 0 bridgehead atoms. The summed E-state index contributed by atoms with van der Waals surface area (Å²) in [6.45, 7) is 9.85. The zero-order valence-corrected chi connectivity index (χ0v) is 19.1. The lowest BCUT2D eigenvalue weighted by atomic mass is 9.82. The molecule has 2 rings (SSSR count). The molecule has 1 aromatic heterocycles. The van der Waals surface area contributed by atoms with Gasteiger partial charge >= 0.3 is 5.97 Å². The maximum atomic E-state index is 11.7. The number of hydrogen-bond acceptors (Lipinski definition) is 7. The topological polar surface area (TPSA) is 103 Å². The van der Waals surface area contributed by atoms with Gasteiger partial charge in [0.05, 0.1) is 28.6 Å². The van der Waals surface area contributed by atoms with Crippen LogP contribution in [0.25, 0.3) is 5.70 Å². The number of nitrogens with two attached hydrogens (primary N) is 2. The molecular weight excluding hydrogens is 408 g/mol. The molecule has 5 N–H and O–H groups in total. The molecule has 0 saturated heterocycles. The second-order valence-corrected chi connectivity index (χ2v) is 8.60. The first-order valence-corrected chi connectivity index (χ1v) is 11.0. The number of esters is 1. The molecule has 7 heteroatoms. The van der Waals surface area contributed by atoms with E-state index in [1.54, 1.807) is 17.4 Å². The first-order chi connectivity index (χ1) is 14.8. The van der Waals surface area contributed by atoms with E-state index < -0.39 is 0 Å². The highest BCUT2D eigenvalue weighted by molar-refractivity contribution is 7.12. The first kappa shape index (κ1) is 24.2. The predicted octanol–water partition coefficient (Wildman–Crippen LogP) is 4.48. The molecule has 1 aromatic rings. The fourth-order valence-corrected chi connectivity index (χ4v) is 4.49. The summed E-state index contributed by atoms with van der Waals surface area (Å²) in [4.78, 5) is 17.2. The molecule has 0 aromatic carbocycles. The number of thiazole rings is 1. The molecule has 0 unspecified atom stereocenters. The molecular formula is C24H32N4O2S. The zero-order chi connectivity index (χ0) is 22.8. The van der Waals surface area contributed by atoms with E-state index in [-0.39, 0.29) is 11.9 Å². The number of aromatic nitrogens is 1. The second-order valence-electron chi connectivity index (χ2n) is 7.54. The van der Waals surface area contributed by atoms with Crippen LogP contribution in [0.2, 0.25) is 0 Å². The number of hydrogen-bond donors (Lipinski definition) is 3. The number of rotatable bonds is 9. The van der Waals surface area contributed by atoms with Gasteiger partial charge in [-0.25, -0.2) is 4.98 Å². The van der Waals surface area contributed by atoms with Crippen molar-refractivity contribution < 1.29 is 9.53 Å². The fraction of sp³-hybridized carbons (Fsp3) is 0.333. The average molecular weight is 441 g/mol. The van der Waals surface area contributed by atoms with Gasteiger partial charge in [0, 0.05) is 23.5 Å². The molecule has 1 aliphatic carbocycles. The Hall–Kier alpha value is -3.06. The third kappa shape index (κ3) is 7.61. The molecule has 0 amide bonds. The van der Waals surface area contributed by atoms with Gasteiger partial charge in [-0.05, 0) is 68.7 Å². The van der Waals surface area contributed by atoms with Gasteiger partial charge in [0.25, 0.3) is 0 Å². The Morgan fingerprint density at radius 1 is 1.26 bits per heavy atom. The Kier molecular flexibility index (Phi) is 9.34. The minimum atomic E-state index is -0.101. The van der Waals surface area contributed by atoms with Crippen molar-refractivity contribution in [1.29, 1.82) is 0 Å². The average Bonchev–Trinajstić information content (AvgIpc) is 3.23. The van der Waals surface area contributed by atoms with Crippen LogP contribution in [0, 0.1) is 5.92 Å². The van der Waals surface area contributed by atoms with Crippen molar-refractivity contribution in [2.24, 2.45) is 17.4 Å². The lowest BCUT2D eigenvalue weighted by molar-refractivity contribution is -0.146. The molecule has 166 valence electrons. The van der Waals surface area contributed by atoms with Gasteiger partial charge in [-0.15, -0.1) is 11.3 Å². The van der Waals surface area contributed by atoms with Gasteiger partial charge in [0.15, 0.2) is 0 Å². The minimum absolute atomic E-state index is 0.0186. The van der Waals surface area contributed by atoms with Crippen LogP contribution in [0.3, 0.4) is 0 Å². The van der Waals surface area contributed by atoms with E-state index in [0.29, 0.717) is 17.3 Å². The van der Waals surface area contributed by atoms with Crippen molar-refractivity contribution in [1.82, 2.24) is 10.3 Å². The van der Waals surface area contributed by atoms with Crippen LogP contribution in [-0.4, -0.2) is 18.1 Å². The van der Waals surface area contributed by atoms with Crippen molar-refractivity contribution >= 4 is 23.0 Å². The van der Waals surface area contributed by atoms with Crippen LogP contribution < -0.4 is 16.8 Å². The second kappa shape index (κ2) is 12.0. The fourth-order valence-electron chi connectivity index (χ4n) is 3.46. The third-order valence-electron chi connectivity index (χ3n) is 5.07. The Labute approximate surface area is 188 Å². The van der Waals surface area contributed by atoms with Crippen LogP contribution in [0.1, 0.15) is 48.4 Å². The van der Waals surface area contributed by atoms with E-state index in [2.05, 4.69) is 23.5 Å². The van der Waals surface area contributed by atoms with Gasteiger partial charge in [-0.3, -0.25) is 4.79 Å². The highest BCUT2D eigenvalue weighted by atomic mass is 32.1. The molecule has 6 nitrogen and oxygen atoms in total. The molecule has 1 saturated carbocycles. The Morgan fingerprint density at radius 2 is 1.97 bits per heavy atom. The van der Waals surface area contributed by atoms with Crippen LogP contribution in [0.4, 0.5) is 0 Å². The normalized spacial score (nSPS) is 20.2. The maximum Gasteiger partial charge on any atom is 0.308 e. The Morgan fingerprint density at radius 3 is 2.61 bits per heavy atom. The number of allylic oxidation sites excluding steroid dienone is 6. The standard InChI is InChI=1S/C24H32N4O2S/c1-16(12-13-25)14-18(3)28-17(2)6-5-7-21(26)22-15-27-23(31-22)19-8-10-20(11-9-19)24(29)30-4/h5-7,12-15,19-20,28H,2-3,8-11,25-26H2,1,4H3/b6-5-,13-12-,16-14-,21-7-. The monoisotopic (exact) mass is 440 g/mol. The van der Waals surface area contributed by atoms with E-state index >= 15 is 0 Å². The number of carbonyl (C=O) groups excluding carboxylic acids is 1. The third-order valence-corrected chi connectivity index (χ3v) is 6.28. The smallest absolute Gasteiger partial charge is 0.308 e. The van der Waals surface area contributed by atoms with E-state index in [1.165, 1.54) is 13.3 Å². The highest BCUT2D eigenvalue weighted by Gasteiger charge is 2.29.